The predicted octanol–water partition coefficient (Wildman–Crippen LogP) is 2.70. The van der Waals surface area contributed by atoms with Gasteiger partial charge in [0.05, 0.1) is 5.75 Å². The summed E-state index contributed by atoms with van der Waals surface area (Å²) in [4.78, 5) is 11.4. The van der Waals surface area contributed by atoms with E-state index in [0.29, 0.717) is 5.56 Å². The monoisotopic (exact) mass is 325 g/mol. The molecule has 0 spiro atoms. The first-order valence-electron chi connectivity index (χ1n) is 7.59. The van der Waals surface area contributed by atoms with E-state index in [4.69, 9.17) is 0 Å². The SMILES string of the molecule is CC1(CS(=O)(=O)N[C@H](C(=O)O)c2ccccc2)CCCCC1. The van der Waals surface area contributed by atoms with Crippen LogP contribution in [0.2, 0.25) is 0 Å². The van der Waals surface area contributed by atoms with Gasteiger partial charge in [0, 0.05) is 0 Å². The molecular weight excluding hydrogens is 302 g/mol. The first-order valence-corrected chi connectivity index (χ1v) is 9.24. The number of carbonyl (C=O) groups is 1. The maximum absolute atomic E-state index is 12.4. The smallest absolute Gasteiger partial charge is 0.326 e. The average molecular weight is 325 g/mol. The molecule has 1 aliphatic rings. The Morgan fingerprint density at radius 2 is 1.82 bits per heavy atom. The minimum atomic E-state index is -3.66. The lowest BCUT2D eigenvalue weighted by Crippen LogP contribution is -2.40. The van der Waals surface area contributed by atoms with Gasteiger partial charge in [-0.25, -0.2) is 8.42 Å². The van der Waals surface area contributed by atoms with Crippen LogP contribution >= 0.6 is 0 Å². The summed E-state index contributed by atoms with van der Waals surface area (Å²) in [6.45, 7) is 1.98. The van der Waals surface area contributed by atoms with E-state index < -0.39 is 22.0 Å². The molecule has 0 heterocycles. The largest absolute Gasteiger partial charge is 0.480 e. The zero-order chi connectivity index (χ0) is 16.2. The Morgan fingerprint density at radius 3 is 2.36 bits per heavy atom. The van der Waals surface area contributed by atoms with Crippen molar-refractivity contribution in [3.8, 4) is 0 Å². The number of aliphatic carboxylic acids is 1. The van der Waals surface area contributed by atoms with Crippen molar-refractivity contribution in [1.29, 1.82) is 0 Å². The van der Waals surface area contributed by atoms with E-state index in [1.165, 1.54) is 0 Å². The molecule has 0 radical (unpaired) electrons. The molecule has 1 fully saturated rings. The summed E-state index contributed by atoms with van der Waals surface area (Å²) in [5.41, 5.74) is 0.177. The van der Waals surface area contributed by atoms with E-state index in [1.54, 1.807) is 30.3 Å². The zero-order valence-electron chi connectivity index (χ0n) is 12.8. The number of rotatable bonds is 6. The molecule has 1 atom stereocenters. The third-order valence-corrected chi connectivity index (χ3v) is 5.95. The van der Waals surface area contributed by atoms with Gasteiger partial charge in [-0.1, -0.05) is 56.5 Å². The van der Waals surface area contributed by atoms with Crippen LogP contribution in [0, 0.1) is 5.41 Å². The van der Waals surface area contributed by atoms with Gasteiger partial charge in [0.2, 0.25) is 10.0 Å². The molecule has 22 heavy (non-hydrogen) atoms. The van der Waals surface area contributed by atoms with Crippen LogP contribution in [0.1, 0.15) is 50.6 Å². The van der Waals surface area contributed by atoms with Crippen LogP contribution in [0.25, 0.3) is 0 Å². The molecule has 6 heteroatoms. The molecule has 122 valence electrons. The van der Waals surface area contributed by atoms with Crippen molar-refractivity contribution in [3.05, 3.63) is 35.9 Å². The van der Waals surface area contributed by atoms with E-state index in [2.05, 4.69) is 4.72 Å². The third-order valence-electron chi connectivity index (χ3n) is 4.28. The fraction of sp³-hybridized carbons (Fsp3) is 0.562. The van der Waals surface area contributed by atoms with Crippen molar-refractivity contribution >= 4 is 16.0 Å². The van der Waals surface area contributed by atoms with Gasteiger partial charge in [-0.05, 0) is 23.8 Å². The Bertz CT molecular complexity index is 606. The normalized spacial score (nSPS) is 19.5. The van der Waals surface area contributed by atoms with Crippen LogP contribution in [-0.4, -0.2) is 25.2 Å². The summed E-state index contributed by atoms with van der Waals surface area (Å²) in [6.07, 6.45) is 4.96. The minimum absolute atomic E-state index is 0.0172. The molecule has 0 bridgehead atoms. The number of hydrogen-bond acceptors (Lipinski definition) is 3. The first-order chi connectivity index (χ1) is 10.3. The Morgan fingerprint density at radius 1 is 1.23 bits per heavy atom. The molecule has 1 saturated carbocycles. The fourth-order valence-electron chi connectivity index (χ4n) is 3.14. The van der Waals surface area contributed by atoms with Gasteiger partial charge in [-0.3, -0.25) is 4.79 Å². The number of hydrogen-bond donors (Lipinski definition) is 2. The molecule has 0 amide bonds. The lowest BCUT2D eigenvalue weighted by molar-refractivity contribution is -0.139. The highest BCUT2D eigenvalue weighted by molar-refractivity contribution is 7.89. The van der Waals surface area contributed by atoms with Crippen molar-refractivity contribution in [2.24, 2.45) is 5.41 Å². The van der Waals surface area contributed by atoms with Gasteiger partial charge in [0.1, 0.15) is 6.04 Å². The first kappa shape index (κ1) is 17.0. The highest BCUT2D eigenvalue weighted by Crippen LogP contribution is 2.37. The van der Waals surface area contributed by atoms with Crippen molar-refractivity contribution in [2.45, 2.75) is 45.1 Å². The predicted molar refractivity (Wildman–Crippen MR) is 84.9 cm³/mol. The van der Waals surface area contributed by atoms with Crippen molar-refractivity contribution in [3.63, 3.8) is 0 Å². The molecule has 0 saturated heterocycles. The van der Waals surface area contributed by atoms with Gasteiger partial charge in [-0.15, -0.1) is 0 Å². The topological polar surface area (TPSA) is 83.5 Å². The Kier molecular flexibility index (Phi) is 5.24. The van der Waals surface area contributed by atoms with Crippen LogP contribution < -0.4 is 4.72 Å². The van der Waals surface area contributed by atoms with Gasteiger partial charge in [0.25, 0.3) is 0 Å². The van der Waals surface area contributed by atoms with E-state index in [9.17, 15) is 18.3 Å². The maximum Gasteiger partial charge on any atom is 0.326 e. The standard InChI is InChI=1S/C16H23NO4S/c1-16(10-6-3-7-11-16)12-22(20,21)17-14(15(18)19)13-8-4-2-5-9-13/h2,4-5,8-9,14,17H,3,6-7,10-12H2,1H3,(H,18,19)/t14-/m0/s1. The second-order valence-electron chi connectivity index (χ2n) is 6.43. The molecule has 0 aliphatic heterocycles. The molecule has 5 nitrogen and oxygen atoms in total. The van der Waals surface area contributed by atoms with Gasteiger partial charge in [0.15, 0.2) is 0 Å². The van der Waals surface area contributed by atoms with Crippen LogP contribution in [0.3, 0.4) is 0 Å². The minimum Gasteiger partial charge on any atom is -0.480 e. The quantitative estimate of drug-likeness (QED) is 0.842. The van der Waals surface area contributed by atoms with Crippen LogP contribution in [0.5, 0.6) is 0 Å². The van der Waals surface area contributed by atoms with Gasteiger partial charge >= 0.3 is 5.97 Å². The number of benzene rings is 1. The molecule has 1 aromatic rings. The Balaban J connectivity index is 2.13. The summed E-state index contributed by atoms with van der Waals surface area (Å²) in [5, 5.41) is 9.33. The Labute approximate surface area is 131 Å². The summed E-state index contributed by atoms with van der Waals surface area (Å²) in [5.74, 6) is -1.21. The van der Waals surface area contributed by atoms with Gasteiger partial charge in [-0.2, -0.15) is 4.72 Å². The van der Waals surface area contributed by atoms with Crippen LogP contribution in [-0.2, 0) is 14.8 Å². The lowest BCUT2D eigenvalue weighted by Gasteiger charge is -2.33. The average Bonchev–Trinajstić information content (AvgIpc) is 2.45. The van der Waals surface area contributed by atoms with E-state index in [0.717, 1.165) is 32.1 Å². The van der Waals surface area contributed by atoms with Crippen LogP contribution in [0.4, 0.5) is 0 Å². The summed E-state index contributed by atoms with van der Waals surface area (Å²) >= 11 is 0. The van der Waals surface area contributed by atoms with E-state index in [1.807, 2.05) is 6.92 Å². The second kappa shape index (κ2) is 6.79. The number of nitrogens with one attached hydrogen (secondary N) is 1. The number of carboxylic acids is 1. The van der Waals surface area contributed by atoms with Crippen molar-refractivity contribution in [1.82, 2.24) is 4.72 Å². The Hall–Kier alpha value is -1.40. The highest BCUT2D eigenvalue weighted by Gasteiger charge is 2.34. The van der Waals surface area contributed by atoms with Crippen molar-refractivity contribution < 1.29 is 18.3 Å². The number of carboxylic acid groups (broad SMARTS) is 1. The molecule has 0 unspecified atom stereocenters. The molecule has 1 aliphatic carbocycles. The second-order valence-corrected chi connectivity index (χ2v) is 8.18. The number of sulfonamides is 1. The van der Waals surface area contributed by atoms with Crippen LogP contribution in [0.15, 0.2) is 30.3 Å². The molecule has 2 rings (SSSR count). The summed E-state index contributed by atoms with van der Waals surface area (Å²) < 4.78 is 27.2. The van der Waals surface area contributed by atoms with Crippen molar-refractivity contribution in [2.75, 3.05) is 5.75 Å². The molecular formula is C16H23NO4S. The molecule has 2 N–H and O–H groups in total. The summed E-state index contributed by atoms with van der Waals surface area (Å²) in [6, 6.07) is 7.15. The lowest BCUT2D eigenvalue weighted by atomic mass is 9.77. The highest BCUT2D eigenvalue weighted by atomic mass is 32.2. The summed E-state index contributed by atoms with van der Waals surface area (Å²) in [7, 11) is -3.66. The van der Waals surface area contributed by atoms with Gasteiger partial charge < -0.3 is 5.11 Å². The fourth-order valence-corrected chi connectivity index (χ4v) is 5.02. The molecule has 0 aromatic heterocycles. The molecule has 1 aromatic carbocycles. The zero-order valence-corrected chi connectivity index (χ0v) is 13.6. The maximum atomic E-state index is 12.4. The third kappa shape index (κ3) is 4.55. The van der Waals surface area contributed by atoms with E-state index >= 15 is 0 Å². The van der Waals surface area contributed by atoms with E-state index in [-0.39, 0.29) is 11.2 Å².